The normalized spacial score (nSPS) is 11.0. The number of imidazole rings is 1. The number of pyridine rings is 1. The third-order valence-corrected chi connectivity index (χ3v) is 4.87. The molecule has 0 saturated carbocycles. The van der Waals surface area contributed by atoms with Gasteiger partial charge in [0.25, 0.3) is 0 Å². The van der Waals surface area contributed by atoms with Crippen molar-refractivity contribution in [2.75, 3.05) is 0 Å². The minimum absolute atomic E-state index is 0.938. The van der Waals surface area contributed by atoms with Crippen LogP contribution in [-0.2, 0) is 0 Å². The minimum atomic E-state index is 0.938. The number of hydrogen-bond acceptors (Lipinski definition) is 2. The van der Waals surface area contributed by atoms with Crippen LogP contribution in [0.15, 0.2) is 97.2 Å². The lowest BCUT2D eigenvalue weighted by molar-refractivity contribution is 1.10. The smallest absolute Gasteiger partial charge is 0.145 e. The topological polar surface area (TPSA) is 30.7 Å². The van der Waals surface area contributed by atoms with Crippen molar-refractivity contribution in [1.29, 1.82) is 0 Å². The minimum Gasteiger partial charge on any atom is -0.292 e. The van der Waals surface area contributed by atoms with E-state index in [0.29, 0.717) is 0 Å². The Labute approximate surface area is 164 Å². The van der Waals surface area contributed by atoms with Gasteiger partial charge in [-0.3, -0.25) is 9.55 Å². The highest BCUT2D eigenvalue weighted by Crippen LogP contribution is 2.31. The van der Waals surface area contributed by atoms with Crippen molar-refractivity contribution in [2.24, 2.45) is 0 Å². The van der Waals surface area contributed by atoms with Crippen LogP contribution in [0.2, 0.25) is 0 Å². The van der Waals surface area contributed by atoms with Crippen molar-refractivity contribution < 1.29 is 0 Å². The van der Waals surface area contributed by atoms with Gasteiger partial charge in [-0.1, -0.05) is 36.4 Å². The lowest BCUT2D eigenvalue weighted by Gasteiger charge is -2.11. The second-order valence-corrected chi connectivity index (χ2v) is 6.90. The van der Waals surface area contributed by atoms with Gasteiger partial charge in [0, 0.05) is 23.0 Å². The van der Waals surface area contributed by atoms with Crippen LogP contribution in [-0.4, -0.2) is 14.5 Å². The van der Waals surface area contributed by atoms with Crippen molar-refractivity contribution >= 4 is 11.0 Å². The van der Waals surface area contributed by atoms with Crippen LogP contribution in [0.3, 0.4) is 0 Å². The number of aryl methyl sites for hydroxylation is 1. The number of fused-ring (bicyclic) bond motifs is 1. The highest BCUT2D eigenvalue weighted by atomic mass is 15.1. The predicted octanol–water partition coefficient (Wildman–Crippen LogP) is 6.06. The molecule has 2 aromatic heterocycles. The molecule has 2 heterocycles. The van der Waals surface area contributed by atoms with Crippen molar-refractivity contribution in [3.63, 3.8) is 0 Å². The Morgan fingerprint density at radius 2 is 1.46 bits per heavy atom. The molecule has 5 aromatic rings. The van der Waals surface area contributed by atoms with E-state index in [0.717, 1.165) is 39.4 Å². The van der Waals surface area contributed by atoms with Crippen LogP contribution in [0, 0.1) is 6.92 Å². The molecule has 3 heteroatoms. The van der Waals surface area contributed by atoms with Gasteiger partial charge in [-0.25, -0.2) is 4.98 Å². The summed E-state index contributed by atoms with van der Waals surface area (Å²) in [4.78, 5) is 9.50. The summed E-state index contributed by atoms with van der Waals surface area (Å²) in [6.07, 6.45) is 1.83. The van der Waals surface area contributed by atoms with Crippen LogP contribution in [0.5, 0.6) is 0 Å². The fourth-order valence-electron chi connectivity index (χ4n) is 3.65. The van der Waals surface area contributed by atoms with Crippen molar-refractivity contribution in [3.05, 3.63) is 103 Å². The predicted molar refractivity (Wildman–Crippen MR) is 114 cm³/mol. The summed E-state index contributed by atoms with van der Waals surface area (Å²) in [5, 5.41) is 0. The lowest BCUT2D eigenvalue weighted by atomic mass is 10.0. The molecule has 28 heavy (non-hydrogen) atoms. The van der Waals surface area contributed by atoms with E-state index in [1.54, 1.807) is 0 Å². The number of benzene rings is 3. The molecular formula is C25H19N3. The maximum absolute atomic E-state index is 4.98. The largest absolute Gasteiger partial charge is 0.292 e. The molecule has 0 radical (unpaired) electrons. The molecule has 134 valence electrons. The summed E-state index contributed by atoms with van der Waals surface area (Å²) in [5.41, 5.74) is 7.53. The molecular weight excluding hydrogens is 342 g/mol. The monoisotopic (exact) mass is 361 g/mol. The highest BCUT2D eigenvalue weighted by molar-refractivity contribution is 5.84. The first kappa shape index (κ1) is 16.5. The van der Waals surface area contributed by atoms with Crippen molar-refractivity contribution in [2.45, 2.75) is 6.92 Å². The number of aromatic nitrogens is 3. The molecule has 0 saturated heterocycles. The van der Waals surface area contributed by atoms with E-state index in [1.807, 2.05) is 36.5 Å². The summed E-state index contributed by atoms with van der Waals surface area (Å²) in [6.45, 7) is 2.12. The van der Waals surface area contributed by atoms with Gasteiger partial charge in [0.05, 0.1) is 16.7 Å². The van der Waals surface area contributed by atoms with Crippen LogP contribution < -0.4 is 0 Å². The van der Waals surface area contributed by atoms with Gasteiger partial charge in [0.2, 0.25) is 0 Å². The molecule has 3 nitrogen and oxygen atoms in total. The SMILES string of the molecule is Cc1cc(-c2ccccn2)cc(-c2nc3ccccc3n2-c2ccccc2)c1. The number of hydrogen-bond donors (Lipinski definition) is 0. The van der Waals surface area contributed by atoms with E-state index in [9.17, 15) is 0 Å². The average Bonchev–Trinajstić information content (AvgIpc) is 3.14. The molecule has 0 spiro atoms. The molecule has 0 amide bonds. The fraction of sp³-hybridized carbons (Fsp3) is 0.0400. The first-order valence-electron chi connectivity index (χ1n) is 9.36. The van der Waals surface area contributed by atoms with Crippen LogP contribution in [0.1, 0.15) is 5.56 Å². The van der Waals surface area contributed by atoms with Crippen LogP contribution >= 0.6 is 0 Å². The van der Waals surface area contributed by atoms with E-state index in [1.165, 1.54) is 5.56 Å². The molecule has 0 fully saturated rings. The van der Waals surface area contributed by atoms with Crippen molar-refractivity contribution in [3.8, 4) is 28.3 Å². The second-order valence-electron chi connectivity index (χ2n) is 6.90. The zero-order chi connectivity index (χ0) is 18.9. The highest BCUT2D eigenvalue weighted by Gasteiger charge is 2.15. The maximum atomic E-state index is 4.98. The molecule has 0 aliphatic rings. The average molecular weight is 361 g/mol. The molecule has 0 N–H and O–H groups in total. The van der Waals surface area contributed by atoms with Gasteiger partial charge in [-0.05, 0) is 67.1 Å². The van der Waals surface area contributed by atoms with Gasteiger partial charge >= 0.3 is 0 Å². The summed E-state index contributed by atoms with van der Waals surface area (Å²) in [5.74, 6) is 0.938. The van der Waals surface area contributed by atoms with E-state index >= 15 is 0 Å². The molecule has 0 aliphatic carbocycles. The first-order chi connectivity index (χ1) is 13.8. The first-order valence-corrected chi connectivity index (χ1v) is 9.36. The summed E-state index contributed by atoms with van der Waals surface area (Å²) >= 11 is 0. The van der Waals surface area contributed by atoms with E-state index in [2.05, 4.69) is 77.1 Å². The maximum Gasteiger partial charge on any atom is 0.145 e. The summed E-state index contributed by atoms with van der Waals surface area (Å²) < 4.78 is 2.23. The van der Waals surface area contributed by atoms with Gasteiger partial charge in [0.15, 0.2) is 0 Å². The van der Waals surface area contributed by atoms with E-state index in [4.69, 9.17) is 4.98 Å². The number of rotatable bonds is 3. The Morgan fingerprint density at radius 1 is 0.714 bits per heavy atom. The molecule has 0 aliphatic heterocycles. The van der Waals surface area contributed by atoms with Gasteiger partial charge in [-0.2, -0.15) is 0 Å². The van der Waals surface area contributed by atoms with Crippen LogP contribution in [0.4, 0.5) is 0 Å². The Balaban J connectivity index is 1.78. The van der Waals surface area contributed by atoms with E-state index in [-0.39, 0.29) is 0 Å². The Hall–Kier alpha value is -3.72. The zero-order valence-corrected chi connectivity index (χ0v) is 15.6. The Kier molecular flexibility index (Phi) is 3.99. The molecule has 0 bridgehead atoms. The standard InChI is InChI=1S/C25H19N3/c1-18-15-19(22-11-7-8-14-26-22)17-20(16-18)25-27-23-12-5-6-13-24(23)28(25)21-9-3-2-4-10-21/h2-17H,1H3. The molecule has 0 atom stereocenters. The molecule has 3 aromatic carbocycles. The molecule has 0 unspecified atom stereocenters. The Morgan fingerprint density at radius 3 is 2.29 bits per heavy atom. The lowest BCUT2D eigenvalue weighted by Crippen LogP contribution is -1.98. The number of para-hydroxylation sites is 3. The van der Waals surface area contributed by atoms with Gasteiger partial charge in [0.1, 0.15) is 5.82 Å². The van der Waals surface area contributed by atoms with E-state index < -0.39 is 0 Å². The third-order valence-electron chi connectivity index (χ3n) is 4.87. The number of nitrogens with zero attached hydrogens (tertiary/aromatic N) is 3. The summed E-state index contributed by atoms with van der Waals surface area (Å²) in [6, 6.07) is 31.2. The molecule has 5 rings (SSSR count). The van der Waals surface area contributed by atoms with Crippen LogP contribution in [0.25, 0.3) is 39.4 Å². The zero-order valence-electron chi connectivity index (χ0n) is 15.6. The Bertz CT molecular complexity index is 1260. The van der Waals surface area contributed by atoms with Crippen molar-refractivity contribution in [1.82, 2.24) is 14.5 Å². The fourth-order valence-corrected chi connectivity index (χ4v) is 3.65. The quantitative estimate of drug-likeness (QED) is 0.391. The summed E-state index contributed by atoms with van der Waals surface area (Å²) in [7, 11) is 0. The van der Waals surface area contributed by atoms with Gasteiger partial charge < -0.3 is 0 Å². The second kappa shape index (κ2) is 6.78. The third kappa shape index (κ3) is 2.87. The van der Waals surface area contributed by atoms with Gasteiger partial charge in [-0.15, -0.1) is 0 Å².